The third-order valence-electron chi connectivity index (χ3n) is 3.70. The zero-order chi connectivity index (χ0) is 12.6. The van der Waals surface area contributed by atoms with E-state index in [1.54, 1.807) is 0 Å². The first-order valence-electron chi connectivity index (χ1n) is 6.56. The lowest BCUT2D eigenvalue weighted by atomic mass is 9.92. The Hall–Kier alpha value is -1.06. The van der Waals surface area contributed by atoms with Gasteiger partial charge in [-0.05, 0) is 37.9 Å². The summed E-state index contributed by atoms with van der Waals surface area (Å²) in [5.41, 5.74) is 1.47. The molecule has 0 amide bonds. The predicted octanol–water partition coefficient (Wildman–Crippen LogP) is 3.86. The lowest BCUT2D eigenvalue weighted by Crippen LogP contribution is -2.36. The summed E-state index contributed by atoms with van der Waals surface area (Å²) in [6, 6.07) is 5.70. The van der Waals surface area contributed by atoms with Crippen LogP contribution in [0, 0.1) is 0 Å². The lowest BCUT2D eigenvalue weighted by molar-refractivity contribution is 0.280. The summed E-state index contributed by atoms with van der Waals surface area (Å²) in [5.74, 6) is 0.796. The molecule has 3 rings (SSSR count). The fraction of sp³-hybridized carbons (Fsp3) is 0.500. The summed E-state index contributed by atoms with van der Waals surface area (Å²) in [5, 5.41) is 4.20. The first-order valence-corrected chi connectivity index (χ1v) is 6.93. The second-order valence-electron chi connectivity index (χ2n) is 4.97. The van der Waals surface area contributed by atoms with Crippen LogP contribution in [-0.4, -0.2) is 11.5 Å². The van der Waals surface area contributed by atoms with Crippen molar-refractivity contribution in [2.24, 2.45) is 0 Å². The first kappa shape index (κ1) is 12.0. The van der Waals surface area contributed by atoms with E-state index >= 15 is 0 Å². The van der Waals surface area contributed by atoms with Crippen LogP contribution in [0.4, 0.5) is 0 Å². The van der Waals surface area contributed by atoms with Crippen LogP contribution < -0.4 is 5.32 Å². The van der Waals surface area contributed by atoms with Gasteiger partial charge in [0.15, 0.2) is 5.58 Å². The molecule has 3 nitrogen and oxygen atoms in total. The molecule has 0 spiro atoms. The number of halogens is 1. The third-order valence-corrected chi connectivity index (χ3v) is 3.99. The van der Waals surface area contributed by atoms with E-state index in [-0.39, 0.29) is 5.54 Å². The normalized spacial score (nSPS) is 23.9. The number of nitrogens with one attached hydrogen (secondary N) is 1. The van der Waals surface area contributed by atoms with Crippen molar-refractivity contribution in [3.8, 4) is 0 Å². The van der Waals surface area contributed by atoms with E-state index in [4.69, 9.17) is 16.0 Å². The van der Waals surface area contributed by atoms with Gasteiger partial charge < -0.3 is 9.73 Å². The summed E-state index contributed by atoms with van der Waals surface area (Å²) in [6.07, 6.45) is 4.43. The van der Waals surface area contributed by atoms with Crippen LogP contribution in [0.15, 0.2) is 22.6 Å². The Morgan fingerprint density at radius 1 is 1.50 bits per heavy atom. The van der Waals surface area contributed by atoms with Gasteiger partial charge in [-0.2, -0.15) is 0 Å². The molecule has 1 aliphatic rings. The van der Waals surface area contributed by atoms with Crippen molar-refractivity contribution in [3.05, 3.63) is 29.1 Å². The summed E-state index contributed by atoms with van der Waals surface area (Å²) < 4.78 is 5.93. The number of nitrogens with zero attached hydrogens (tertiary/aromatic N) is 1. The molecule has 1 saturated heterocycles. The van der Waals surface area contributed by atoms with Gasteiger partial charge in [0, 0.05) is 0 Å². The highest BCUT2D eigenvalue weighted by Crippen LogP contribution is 2.37. The van der Waals surface area contributed by atoms with Gasteiger partial charge in [0.1, 0.15) is 5.52 Å². The van der Waals surface area contributed by atoms with Crippen LogP contribution in [-0.2, 0) is 5.54 Å². The highest BCUT2D eigenvalue weighted by atomic mass is 35.5. The largest absolute Gasteiger partial charge is 0.437 e. The SMILES string of the molecule is CCCC1(c2nc3cccc(Cl)c3o2)CCCN1. The summed E-state index contributed by atoms with van der Waals surface area (Å²) in [7, 11) is 0. The van der Waals surface area contributed by atoms with Crippen LogP contribution in [0.2, 0.25) is 5.02 Å². The van der Waals surface area contributed by atoms with Gasteiger partial charge in [0.25, 0.3) is 0 Å². The molecule has 1 atom stereocenters. The van der Waals surface area contributed by atoms with E-state index in [1.165, 1.54) is 6.42 Å². The minimum absolute atomic E-state index is 0.0862. The molecule has 0 saturated carbocycles. The van der Waals surface area contributed by atoms with Gasteiger partial charge in [-0.25, -0.2) is 4.98 Å². The van der Waals surface area contributed by atoms with E-state index < -0.39 is 0 Å². The van der Waals surface area contributed by atoms with Crippen LogP contribution in [0.5, 0.6) is 0 Å². The molecule has 96 valence electrons. The molecular formula is C14H17ClN2O. The maximum absolute atomic E-state index is 6.15. The smallest absolute Gasteiger partial charge is 0.215 e. The second-order valence-corrected chi connectivity index (χ2v) is 5.38. The second kappa shape index (κ2) is 4.56. The third kappa shape index (κ3) is 1.82. The Kier molecular flexibility index (Phi) is 3.04. The van der Waals surface area contributed by atoms with E-state index in [0.717, 1.165) is 37.2 Å². The molecule has 1 aromatic carbocycles. The molecule has 0 aliphatic carbocycles. The summed E-state index contributed by atoms with van der Waals surface area (Å²) in [6.45, 7) is 3.23. The van der Waals surface area contributed by atoms with E-state index in [0.29, 0.717) is 10.6 Å². The number of hydrogen-bond acceptors (Lipinski definition) is 3. The number of fused-ring (bicyclic) bond motifs is 1. The molecule has 2 aromatic rings. The molecule has 1 aromatic heterocycles. The van der Waals surface area contributed by atoms with Gasteiger partial charge in [0.05, 0.1) is 10.6 Å². The number of hydrogen-bond donors (Lipinski definition) is 1. The van der Waals surface area contributed by atoms with E-state index in [1.807, 2.05) is 18.2 Å². The molecule has 1 unspecified atom stereocenters. The summed E-state index contributed by atoms with van der Waals surface area (Å²) >= 11 is 6.15. The van der Waals surface area contributed by atoms with Crippen LogP contribution >= 0.6 is 11.6 Å². The number of para-hydroxylation sites is 1. The highest BCUT2D eigenvalue weighted by Gasteiger charge is 2.39. The molecule has 0 bridgehead atoms. The van der Waals surface area contributed by atoms with Gasteiger partial charge in [-0.3, -0.25) is 0 Å². The van der Waals surface area contributed by atoms with Crippen molar-refractivity contribution in [3.63, 3.8) is 0 Å². The maximum atomic E-state index is 6.15. The van der Waals surface area contributed by atoms with Gasteiger partial charge >= 0.3 is 0 Å². The molecule has 1 aliphatic heterocycles. The Morgan fingerprint density at radius 2 is 2.39 bits per heavy atom. The van der Waals surface area contributed by atoms with Crippen molar-refractivity contribution in [2.75, 3.05) is 6.54 Å². The Morgan fingerprint density at radius 3 is 3.06 bits per heavy atom. The van der Waals surface area contributed by atoms with Crippen LogP contribution in [0.3, 0.4) is 0 Å². The average molecular weight is 265 g/mol. The van der Waals surface area contributed by atoms with Crippen molar-refractivity contribution < 1.29 is 4.42 Å². The van der Waals surface area contributed by atoms with Gasteiger partial charge in [-0.1, -0.05) is 31.0 Å². The predicted molar refractivity (Wildman–Crippen MR) is 72.8 cm³/mol. The molecular weight excluding hydrogens is 248 g/mol. The number of rotatable bonds is 3. The molecule has 2 heterocycles. The van der Waals surface area contributed by atoms with Crippen molar-refractivity contribution >= 4 is 22.7 Å². The topological polar surface area (TPSA) is 38.1 Å². The van der Waals surface area contributed by atoms with Crippen molar-refractivity contribution in [2.45, 2.75) is 38.1 Å². The minimum Gasteiger partial charge on any atom is -0.437 e. The Labute approximate surface area is 112 Å². The van der Waals surface area contributed by atoms with Crippen molar-refractivity contribution in [1.29, 1.82) is 0 Å². The quantitative estimate of drug-likeness (QED) is 0.915. The average Bonchev–Trinajstić information content (AvgIpc) is 2.97. The Balaban J connectivity index is 2.09. The number of oxazole rings is 1. The van der Waals surface area contributed by atoms with Crippen LogP contribution in [0.25, 0.3) is 11.1 Å². The van der Waals surface area contributed by atoms with E-state index in [9.17, 15) is 0 Å². The van der Waals surface area contributed by atoms with Crippen LogP contribution in [0.1, 0.15) is 38.5 Å². The fourth-order valence-electron chi connectivity index (χ4n) is 2.86. The number of aromatic nitrogens is 1. The molecule has 1 fully saturated rings. The molecule has 1 N–H and O–H groups in total. The lowest BCUT2D eigenvalue weighted by Gasteiger charge is -2.25. The van der Waals surface area contributed by atoms with Gasteiger partial charge in [-0.15, -0.1) is 0 Å². The molecule has 0 radical (unpaired) electrons. The standard InChI is InChI=1S/C14H17ClN2O/c1-2-7-14(8-4-9-16-14)13-17-11-6-3-5-10(15)12(11)18-13/h3,5-6,16H,2,4,7-9H2,1H3. The zero-order valence-electron chi connectivity index (χ0n) is 10.5. The first-order chi connectivity index (χ1) is 8.75. The van der Waals surface area contributed by atoms with Crippen molar-refractivity contribution in [1.82, 2.24) is 10.3 Å². The fourth-order valence-corrected chi connectivity index (χ4v) is 3.06. The van der Waals surface area contributed by atoms with Gasteiger partial charge in [0.2, 0.25) is 5.89 Å². The summed E-state index contributed by atoms with van der Waals surface area (Å²) in [4.78, 5) is 4.63. The molecule has 4 heteroatoms. The molecule has 18 heavy (non-hydrogen) atoms. The van der Waals surface area contributed by atoms with E-state index in [2.05, 4.69) is 17.2 Å². The minimum atomic E-state index is -0.0862. The highest BCUT2D eigenvalue weighted by molar-refractivity contribution is 6.34. The monoisotopic (exact) mass is 264 g/mol. The maximum Gasteiger partial charge on any atom is 0.215 e. The zero-order valence-corrected chi connectivity index (χ0v) is 11.3. The number of benzene rings is 1. The Bertz CT molecular complexity index is 558.